The van der Waals surface area contributed by atoms with Crippen LogP contribution in [0.3, 0.4) is 0 Å². The Morgan fingerprint density at radius 3 is 2.10 bits per heavy atom. The third kappa shape index (κ3) is 6.16. The topological polar surface area (TPSA) is 80.5 Å². The van der Waals surface area contributed by atoms with E-state index in [1.807, 2.05) is 13.8 Å². The third-order valence-corrected chi connectivity index (χ3v) is 4.51. The number of benzene rings is 1. The SMILES string of the molecule is CCCN(CCC)C(=O)CS(=O)(=O)Cc1ccc(N)cc1. The number of nitrogens with zero attached hydrogens (tertiary/aromatic N) is 1. The van der Waals surface area contributed by atoms with Crippen LogP contribution in [0.15, 0.2) is 24.3 Å². The van der Waals surface area contributed by atoms with Crippen LogP contribution in [0.4, 0.5) is 5.69 Å². The highest BCUT2D eigenvalue weighted by atomic mass is 32.2. The zero-order valence-corrected chi connectivity index (χ0v) is 13.5. The fraction of sp³-hybridized carbons (Fsp3) is 0.533. The smallest absolute Gasteiger partial charge is 0.237 e. The number of anilines is 1. The molecule has 1 aromatic rings. The molecule has 0 atom stereocenters. The second-order valence-electron chi connectivity index (χ2n) is 5.15. The Morgan fingerprint density at radius 2 is 1.62 bits per heavy atom. The summed E-state index contributed by atoms with van der Waals surface area (Å²) in [5.74, 6) is -0.878. The summed E-state index contributed by atoms with van der Waals surface area (Å²) < 4.78 is 24.3. The van der Waals surface area contributed by atoms with Crippen molar-refractivity contribution in [1.29, 1.82) is 0 Å². The van der Waals surface area contributed by atoms with Gasteiger partial charge in [-0.25, -0.2) is 8.42 Å². The summed E-state index contributed by atoms with van der Waals surface area (Å²) in [6.45, 7) is 5.14. The zero-order valence-electron chi connectivity index (χ0n) is 12.7. The maximum absolute atomic E-state index is 12.1. The molecule has 1 aromatic carbocycles. The number of hydrogen-bond donors (Lipinski definition) is 1. The van der Waals surface area contributed by atoms with E-state index in [1.54, 1.807) is 29.2 Å². The van der Waals surface area contributed by atoms with Gasteiger partial charge in [-0.1, -0.05) is 26.0 Å². The first kappa shape index (κ1) is 17.5. The van der Waals surface area contributed by atoms with Gasteiger partial charge in [0.1, 0.15) is 5.75 Å². The van der Waals surface area contributed by atoms with Gasteiger partial charge in [-0.2, -0.15) is 0 Å². The molecule has 0 unspecified atom stereocenters. The van der Waals surface area contributed by atoms with Gasteiger partial charge in [0.25, 0.3) is 0 Å². The highest BCUT2D eigenvalue weighted by Gasteiger charge is 2.21. The minimum Gasteiger partial charge on any atom is -0.399 e. The van der Waals surface area contributed by atoms with Crippen molar-refractivity contribution in [3.8, 4) is 0 Å². The largest absolute Gasteiger partial charge is 0.399 e. The Balaban J connectivity index is 2.70. The predicted octanol–water partition coefficient (Wildman–Crippen LogP) is 1.83. The second-order valence-corrected chi connectivity index (χ2v) is 7.22. The van der Waals surface area contributed by atoms with Crippen LogP contribution in [-0.2, 0) is 20.4 Å². The van der Waals surface area contributed by atoms with Crippen molar-refractivity contribution < 1.29 is 13.2 Å². The lowest BCUT2D eigenvalue weighted by molar-refractivity contribution is -0.128. The third-order valence-electron chi connectivity index (χ3n) is 3.05. The summed E-state index contributed by atoms with van der Waals surface area (Å²) in [5, 5.41) is 0. The average Bonchev–Trinajstić information content (AvgIpc) is 2.40. The van der Waals surface area contributed by atoms with Gasteiger partial charge in [0, 0.05) is 18.8 Å². The highest BCUT2D eigenvalue weighted by Crippen LogP contribution is 2.11. The van der Waals surface area contributed by atoms with E-state index < -0.39 is 15.6 Å². The molecule has 21 heavy (non-hydrogen) atoms. The average molecular weight is 312 g/mol. The van der Waals surface area contributed by atoms with Crippen molar-refractivity contribution in [2.45, 2.75) is 32.4 Å². The predicted molar refractivity (Wildman–Crippen MR) is 85.5 cm³/mol. The Bertz CT molecular complexity index is 547. The standard InChI is InChI=1S/C15H24N2O3S/c1-3-9-17(10-4-2)15(18)12-21(19,20)11-13-5-7-14(16)8-6-13/h5-8H,3-4,9-12,16H2,1-2H3. The van der Waals surface area contributed by atoms with Gasteiger partial charge >= 0.3 is 0 Å². The lowest BCUT2D eigenvalue weighted by atomic mass is 10.2. The van der Waals surface area contributed by atoms with Crippen LogP contribution in [0.5, 0.6) is 0 Å². The number of hydrogen-bond acceptors (Lipinski definition) is 4. The van der Waals surface area contributed by atoms with Crippen LogP contribution in [0.1, 0.15) is 32.3 Å². The summed E-state index contributed by atoms with van der Waals surface area (Å²) in [5.41, 5.74) is 6.80. The van der Waals surface area contributed by atoms with Crippen LogP contribution in [0.25, 0.3) is 0 Å². The van der Waals surface area contributed by atoms with E-state index in [1.165, 1.54) is 0 Å². The summed E-state index contributed by atoms with van der Waals surface area (Å²) in [6, 6.07) is 6.67. The van der Waals surface area contributed by atoms with Crippen molar-refractivity contribution in [3.63, 3.8) is 0 Å². The van der Waals surface area contributed by atoms with Gasteiger partial charge in [0.05, 0.1) is 5.75 Å². The zero-order chi connectivity index (χ0) is 15.9. The van der Waals surface area contributed by atoms with Gasteiger partial charge in [0.2, 0.25) is 5.91 Å². The molecule has 118 valence electrons. The van der Waals surface area contributed by atoms with E-state index >= 15 is 0 Å². The molecular weight excluding hydrogens is 288 g/mol. The minimum atomic E-state index is -3.46. The highest BCUT2D eigenvalue weighted by molar-refractivity contribution is 7.91. The summed E-state index contributed by atoms with van der Waals surface area (Å²) >= 11 is 0. The maximum atomic E-state index is 12.1. The van der Waals surface area contributed by atoms with E-state index in [4.69, 9.17) is 5.73 Å². The first-order valence-corrected chi connectivity index (χ1v) is 9.02. The molecule has 0 saturated carbocycles. The van der Waals surface area contributed by atoms with E-state index in [2.05, 4.69) is 0 Å². The number of amides is 1. The van der Waals surface area contributed by atoms with Gasteiger partial charge in [-0.3, -0.25) is 4.79 Å². The molecule has 0 bridgehead atoms. The number of rotatable bonds is 8. The van der Waals surface area contributed by atoms with Gasteiger partial charge < -0.3 is 10.6 Å². The Kier molecular flexibility index (Phi) is 6.68. The summed E-state index contributed by atoms with van der Waals surface area (Å²) in [7, 11) is -3.46. The summed E-state index contributed by atoms with van der Waals surface area (Å²) in [6.07, 6.45) is 1.65. The minimum absolute atomic E-state index is 0.134. The molecular formula is C15H24N2O3S. The lowest BCUT2D eigenvalue weighted by Gasteiger charge is -2.21. The monoisotopic (exact) mass is 312 g/mol. The molecule has 0 aliphatic carbocycles. The second kappa shape index (κ2) is 8.02. The Hall–Kier alpha value is -1.56. The summed E-state index contributed by atoms with van der Waals surface area (Å²) in [4.78, 5) is 13.7. The lowest BCUT2D eigenvalue weighted by Crippen LogP contribution is -2.37. The number of carbonyl (C=O) groups is 1. The molecule has 0 aliphatic rings. The van der Waals surface area contributed by atoms with Crippen LogP contribution >= 0.6 is 0 Å². The van der Waals surface area contributed by atoms with Crippen molar-refractivity contribution >= 4 is 21.4 Å². The molecule has 0 radical (unpaired) electrons. The van der Waals surface area contributed by atoms with Crippen LogP contribution in [0, 0.1) is 0 Å². The van der Waals surface area contributed by atoms with E-state index in [0.29, 0.717) is 24.3 Å². The molecule has 0 aliphatic heterocycles. The van der Waals surface area contributed by atoms with Crippen LogP contribution < -0.4 is 5.73 Å². The van der Waals surface area contributed by atoms with Crippen molar-refractivity contribution in [3.05, 3.63) is 29.8 Å². The van der Waals surface area contributed by atoms with Crippen molar-refractivity contribution in [2.24, 2.45) is 0 Å². The van der Waals surface area contributed by atoms with Gasteiger partial charge in [-0.15, -0.1) is 0 Å². The van der Waals surface area contributed by atoms with Crippen LogP contribution in [-0.4, -0.2) is 38.1 Å². The molecule has 0 fully saturated rings. The van der Waals surface area contributed by atoms with E-state index in [-0.39, 0.29) is 11.7 Å². The first-order chi connectivity index (χ1) is 9.88. The van der Waals surface area contributed by atoms with Crippen molar-refractivity contribution in [1.82, 2.24) is 4.90 Å². The van der Waals surface area contributed by atoms with Gasteiger partial charge in [0.15, 0.2) is 9.84 Å². The van der Waals surface area contributed by atoms with Crippen molar-refractivity contribution in [2.75, 3.05) is 24.6 Å². The molecule has 0 saturated heterocycles. The van der Waals surface area contributed by atoms with E-state index in [9.17, 15) is 13.2 Å². The first-order valence-electron chi connectivity index (χ1n) is 7.20. The molecule has 0 aromatic heterocycles. The molecule has 5 nitrogen and oxygen atoms in total. The molecule has 0 heterocycles. The normalized spacial score (nSPS) is 11.3. The molecule has 1 amide bonds. The molecule has 1 rings (SSSR count). The number of carbonyl (C=O) groups excluding carboxylic acids is 1. The Labute approximate surface area is 127 Å². The maximum Gasteiger partial charge on any atom is 0.237 e. The number of nitrogens with two attached hydrogens (primary N) is 1. The quantitative estimate of drug-likeness (QED) is 0.743. The van der Waals surface area contributed by atoms with E-state index in [0.717, 1.165) is 12.8 Å². The molecule has 2 N–H and O–H groups in total. The number of sulfone groups is 1. The number of nitrogen functional groups attached to an aromatic ring is 1. The Morgan fingerprint density at radius 1 is 1.10 bits per heavy atom. The molecule has 6 heteroatoms. The van der Waals surface area contributed by atoms with Gasteiger partial charge in [-0.05, 0) is 30.5 Å². The molecule has 0 spiro atoms. The van der Waals surface area contributed by atoms with Crippen LogP contribution in [0.2, 0.25) is 0 Å². The fourth-order valence-electron chi connectivity index (χ4n) is 2.10. The fourth-order valence-corrected chi connectivity index (χ4v) is 3.46.